The molecule has 1 aromatic rings. The summed E-state index contributed by atoms with van der Waals surface area (Å²) in [6.07, 6.45) is 0. The van der Waals surface area contributed by atoms with Crippen LogP contribution in [0.5, 0.6) is 0 Å². The van der Waals surface area contributed by atoms with Gasteiger partial charge in [-0.3, -0.25) is 0 Å². The number of nitrogens with one attached hydrogen (secondary N) is 1. The summed E-state index contributed by atoms with van der Waals surface area (Å²) in [5.74, 6) is 0.162. The van der Waals surface area contributed by atoms with Crippen molar-refractivity contribution < 1.29 is 8.42 Å². The van der Waals surface area contributed by atoms with Crippen molar-refractivity contribution in [1.82, 2.24) is 4.72 Å². The van der Waals surface area contributed by atoms with E-state index in [1.807, 2.05) is 13.0 Å². The first-order valence-corrected chi connectivity index (χ1v) is 8.13. The number of nitriles is 1. The highest BCUT2D eigenvalue weighted by Crippen LogP contribution is 2.26. The van der Waals surface area contributed by atoms with Crippen LogP contribution in [0.1, 0.15) is 33.3 Å². The average Bonchev–Trinajstić information content (AvgIpc) is 2.35. The van der Waals surface area contributed by atoms with Crippen molar-refractivity contribution in [3.63, 3.8) is 0 Å². The molecular formula is C14H19ClN2O2S. The number of hydrogen-bond acceptors (Lipinski definition) is 3. The van der Waals surface area contributed by atoms with Gasteiger partial charge in [-0.1, -0.05) is 39.3 Å². The Hall–Kier alpha value is -1.09. The van der Waals surface area contributed by atoms with Gasteiger partial charge in [0.2, 0.25) is 10.0 Å². The number of halogens is 1. The van der Waals surface area contributed by atoms with E-state index in [1.165, 1.54) is 18.2 Å². The van der Waals surface area contributed by atoms with E-state index in [2.05, 4.69) is 25.5 Å². The normalized spacial score (nSPS) is 13.8. The van der Waals surface area contributed by atoms with Gasteiger partial charge in [0.05, 0.1) is 16.7 Å². The number of sulfonamides is 1. The van der Waals surface area contributed by atoms with Gasteiger partial charge in [-0.15, -0.1) is 0 Å². The summed E-state index contributed by atoms with van der Waals surface area (Å²) in [5.41, 5.74) is 0.263. The van der Waals surface area contributed by atoms with Gasteiger partial charge >= 0.3 is 0 Å². The van der Waals surface area contributed by atoms with E-state index in [1.54, 1.807) is 0 Å². The molecule has 1 rings (SSSR count). The SMILES string of the molecule is CC(CNS(=O)(=O)c1cc(C#N)ccc1Cl)C(C)(C)C. The molecule has 0 aliphatic rings. The molecule has 4 nitrogen and oxygen atoms in total. The molecule has 0 aromatic heterocycles. The van der Waals surface area contributed by atoms with Gasteiger partial charge in [0.25, 0.3) is 0 Å². The molecule has 0 radical (unpaired) electrons. The lowest BCUT2D eigenvalue weighted by Crippen LogP contribution is -2.33. The maximum Gasteiger partial charge on any atom is 0.242 e. The Morgan fingerprint density at radius 3 is 2.50 bits per heavy atom. The van der Waals surface area contributed by atoms with Crippen LogP contribution in [0.2, 0.25) is 5.02 Å². The van der Waals surface area contributed by atoms with Crippen LogP contribution >= 0.6 is 11.6 Å². The van der Waals surface area contributed by atoms with Crippen molar-refractivity contribution in [2.24, 2.45) is 11.3 Å². The molecule has 20 heavy (non-hydrogen) atoms. The van der Waals surface area contributed by atoms with E-state index >= 15 is 0 Å². The Morgan fingerprint density at radius 2 is 2.00 bits per heavy atom. The molecular weight excluding hydrogens is 296 g/mol. The second-order valence-electron chi connectivity index (χ2n) is 5.88. The first-order valence-electron chi connectivity index (χ1n) is 6.27. The molecule has 0 spiro atoms. The van der Waals surface area contributed by atoms with Gasteiger partial charge < -0.3 is 0 Å². The van der Waals surface area contributed by atoms with Crippen molar-refractivity contribution in [3.8, 4) is 6.07 Å². The smallest absolute Gasteiger partial charge is 0.211 e. The zero-order chi connectivity index (χ0) is 15.6. The number of rotatable bonds is 4. The molecule has 0 aliphatic carbocycles. The molecule has 1 aromatic carbocycles. The summed E-state index contributed by atoms with van der Waals surface area (Å²) in [6, 6.07) is 6.09. The van der Waals surface area contributed by atoms with E-state index in [-0.39, 0.29) is 26.8 Å². The van der Waals surface area contributed by atoms with Crippen LogP contribution in [-0.2, 0) is 10.0 Å². The minimum absolute atomic E-state index is 0.000810. The van der Waals surface area contributed by atoms with Gasteiger partial charge in [0.15, 0.2) is 0 Å². The number of nitrogens with zero attached hydrogens (tertiary/aromatic N) is 1. The summed E-state index contributed by atoms with van der Waals surface area (Å²) in [7, 11) is -3.71. The molecule has 0 aliphatic heterocycles. The fourth-order valence-electron chi connectivity index (χ4n) is 1.40. The third-order valence-corrected chi connectivity index (χ3v) is 5.31. The highest BCUT2D eigenvalue weighted by atomic mass is 35.5. The van der Waals surface area contributed by atoms with Crippen LogP contribution in [0.4, 0.5) is 0 Å². The summed E-state index contributed by atoms with van der Waals surface area (Å²) in [5, 5.41) is 8.95. The van der Waals surface area contributed by atoms with Gasteiger partial charge in [0.1, 0.15) is 4.90 Å². The zero-order valence-electron chi connectivity index (χ0n) is 12.1. The maximum atomic E-state index is 12.2. The predicted molar refractivity (Wildman–Crippen MR) is 80.0 cm³/mol. The predicted octanol–water partition coefficient (Wildman–Crippen LogP) is 3.17. The van der Waals surface area contributed by atoms with Crippen molar-refractivity contribution in [2.75, 3.05) is 6.54 Å². The monoisotopic (exact) mass is 314 g/mol. The number of hydrogen-bond donors (Lipinski definition) is 1. The van der Waals surface area contributed by atoms with Gasteiger partial charge in [-0.2, -0.15) is 5.26 Å². The zero-order valence-corrected chi connectivity index (χ0v) is 13.6. The van der Waals surface area contributed by atoms with E-state index in [4.69, 9.17) is 16.9 Å². The second-order valence-corrected chi connectivity index (χ2v) is 8.02. The molecule has 1 N–H and O–H groups in total. The molecule has 0 amide bonds. The second kappa shape index (κ2) is 6.13. The highest BCUT2D eigenvalue weighted by Gasteiger charge is 2.24. The lowest BCUT2D eigenvalue weighted by atomic mass is 9.82. The van der Waals surface area contributed by atoms with Crippen molar-refractivity contribution in [3.05, 3.63) is 28.8 Å². The van der Waals surface area contributed by atoms with Crippen LogP contribution in [0, 0.1) is 22.7 Å². The van der Waals surface area contributed by atoms with E-state index in [9.17, 15) is 8.42 Å². The standard InChI is InChI=1S/C14H19ClN2O2S/c1-10(14(2,3)4)9-17-20(18,19)13-7-11(8-16)5-6-12(13)15/h5-7,10,17H,9H2,1-4H3. The average molecular weight is 315 g/mol. The summed E-state index contributed by atoms with van der Waals surface area (Å²) in [6.45, 7) is 8.45. The lowest BCUT2D eigenvalue weighted by Gasteiger charge is -2.27. The van der Waals surface area contributed by atoms with Crippen molar-refractivity contribution >= 4 is 21.6 Å². The van der Waals surface area contributed by atoms with E-state index in [0.29, 0.717) is 6.54 Å². The summed E-state index contributed by atoms with van der Waals surface area (Å²) < 4.78 is 27.0. The van der Waals surface area contributed by atoms with Crippen LogP contribution in [0.3, 0.4) is 0 Å². The van der Waals surface area contributed by atoms with Crippen LogP contribution < -0.4 is 4.72 Å². The van der Waals surface area contributed by atoms with Gasteiger partial charge in [-0.25, -0.2) is 13.1 Å². The maximum absolute atomic E-state index is 12.2. The third-order valence-electron chi connectivity index (χ3n) is 3.41. The molecule has 1 atom stereocenters. The molecule has 0 saturated heterocycles. The van der Waals surface area contributed by atoms with Crippen LogP contribution in [0.25, 0.3) is 0 Å². The fourth-order valence-corrected chi connectivity index (χ4v) is 3.05. The van der Waals surface area contributed by atoms with Gasteiger partial charge in [0, 0.05) is 6.54 Å². The van der Waals surface area contributed by atoms with Crippen LogP contribution in [0.15, 0.2) is 23.1 Å². The Kier molecular flexibility index (Phi) is 5.20. The first-order chi connectivity index (χ1) is 9.08. The fraction of sp³-hybridized carbons (Fsp3) is 0.500. The molecule has 6 heteroatoms. The Balaban J connectivity index is 2.98. The highest BCUT2D eigenvalue weighted by molar-refractivity contribution is 7.89. The van der Waals surface area contributed by atoms with Crippen LogP contribution in [-0.4, -0.2) is 15.0 Å². The molecule has 1 unspecified atom stereocenters. The minimum Gasteiger partial charge on any atom is -0.211 e. The molecule has 110 valence electrons. The summed E-state index contributed by atoms with van der Waals surface area (Å²) >= 11 is 5.91. The van der Waals surface area contributed by atoms with Gasteiger partial charge in [-0.05, 0) is 29.5 Å². The molecule has 0 bridgehead atoms. The largest absolute Gasteiger partial charge is 0.242 e. The lowest BCUT2D eigenvalue weighted by molar-refractivity contribution is 0.263. The van der Waals surface area contributed by atoms with E-state index < -0.39 is 10.0 Å². The van der Waals surface area contributed by atoms with E-state index in [0.717, 1.165) is 0 Å². The quantitative estimate of drug-likeness (QED) is 0.928. The number of benzene rings is 1. The Bertz CT molecular complexity index is 628. The molecule has 0 fully saturated rings. The topological polar surface area (TPSA) is 70.0 Å². The Morgan fingerprint density at radius 1 is 1.40 bits per heavy atom. The molecule has 0 heterocycles. The first kappa shape index (κ1) is 17.0. The minimum atomic E-state index is -3.71. The third kappa shape index (κ3) is 4.20. The van der Waals surface area contributed by atoms with Crippen molar-refractivity contribution in [1.29, 1.82) is 5.26 Å². The molecule has 0 saturated carbocycles. The summed E-state index contributed by atoms with van der Waals surface area (Å²) in [4.78, 5) is -0.0562. The van der Waals surface area contributed by atoms with Crippen molar-refractivity contribution in [2.45, 2.75) is 32.6 Å². The Labute approximate surface area is 125 Å².